The first kappa shape index (κ1) is 16.0. The van der Waals surface area contributed by atoms with Crippen LogP contribution in [0.5, 0.6) is 5.75 Å². The molecule has 0 aliphatic heterocycles. The Hall–Kier alpha value is -3.48. The van der Waals surface area contributed by atoms with Gasteiger partial charge < -0.3 is 9.26 Å². The summed E-state index contributed by atoms with van der Waals surface area (Å²) in [6.07, 6.45) is 2.34. The summed E-state index contributed by atoms with van der Waals surface area (Å²) in [7, 11) is 1.64. The van der Waals surface area contributed by atoms with Crippen LogP contribution in [0.4, 0.5) is 0 Å². The summed E-state index contributed by atoms with van der Waals surface area (Å²) < 4.78 is 12.3. The van der Waals surface area contributed by atoms with Gasteiger partial charge in [-0.3, -0.25) is 0 Å². The molecule has 2 heterocycles. The number of nitrogens with zero attached hydrogens (tertiary/aromatic N) is 5. The first-order valence-corrected chi connectivity index (χ1v) is 8.20. The molecule has 2 aromatic heterocycles. The molecule has 0 spiro atoms. The van der Waals surface area contributed by atoms with Gasteiger partial charge in [0, 0.05) is 0 Å². The molecule has 26 heavy (non-hydrogen) atoms. The van der Waals surface area contributed by atoms with E-state index in [4.69, 9.17) is 9.26 Å². The molecule has 0 amide bonds. The molecule has 0 saturated heterocycles. The second kappa shape index (κ2) is 7.18. The molecule has 130 valence electrons. The molecule has 0 unspecified atom stereocenters. The van der Waals surface area contributed by atoms with Crippen molar-refractivity contribution in [2.45, 2.75) is 13.0 Å². The Morgan fingerprint density at radius 3 is 2.73 bits per heavy atom. The third-order valence-corrected chi connectivity index (χ3v) is 3.91. The molecular formula is C19H17N5O2. The van der Waals surface area contributed by atoms with Crippen LogP contribution in [-0.2, 0) is 13.0 Å². The minimum Gasteiger partial charge on any atom is -0.497 e. The normalized spacial score (nSPS) is 10.8. The summed E-state index contributed by atoms with van der Waals surface area (Å²) in [5.74, 6) is 1.75. The van der Waals surface area contributed by atoms with Gasteiger partial charge in [0.05, 0.1) is 26.3 Å². The van der Waals surface area contributed by atoms with Crippen molar-refractivity contribution in [1.82, 2.24) is 25.1 Å². The van der Waals surface area contributed by atoms with E-state index in [-0.39, 0.29) is 0 Å². The molecule has 0 fully saturated rings. The van der Waals surface area contributed by atoms with E-state index >= 15 is 0 Å². The molecular weight excluding hydrogens is 330 g/mol. The van der Waals surface area contributed by atoms with Crippen LogP contribution >= 0.6 is 0 Å². The molecule has 0 atom stereocenters. The zero-order chi connectivity index (χ0) is 17.8. The SMILES string of the molecule is COc1cccc(Cc2nc(-c3cn(Cc4ccccc4)nn3)no2)c1. The van der Waals surface area contributed by atoms with E-state index in [0.717, 1.165) is 16.9 Å². The van der Waals surface area contributed by atoms with E-state index in [1.54, 1.807) is 11.8 Å². The summed E-state index contributed by atoms with van der Waals surface area (Å²) in [4.78, 5) is 4.42. The van der Waals surface area contributed by atoms with Crippen molar-refractivity contribution < 1.29 is 9.26 Å². The van der Waals surface area contributed by atoms with Crippen LogP contribution in [0, 0.1) is 0 Å². The van der Waals surface area contributed by atoms with Crippen LogP contribution in [-0.4, -0.2) is 32.2 Å². The summed E-state index contributed by atoms with van der Waals surface area (Å²) >= 11 is 0. The van der Waals surface area contributed by atoms with Gasteiger partial charge in [-0.1, -0.05) is 52.8 Å². The third-order valence-electron chi connectivity index (χ3n) is 3.91. The lowest BCUT2D eigenvalue weighted by molar-refractivity contribution is 0.385. The molecule has 0 aliphatic carbocycles. The third kappa shape index (κ3) is 3.61. The lowest BCUT2D eigenvalue weighted by Crippen LogP contribution is -1.99. The zero-order valence-electron chi connectivity index (χ0n) is 14.2. The average molecular weight is 347 g/mol. The van der Waals surface area contributed by atoms with E-state index in [2.05, 4.69) is 20.5 Å². The van der Waals surface area contributed by atoms with Gasteiger partial charge in [0.25, 0.3) is 0 Å². The summed E-state index contributed by atoms with van der Waals surface area (Å²) in [6.45, 7) is 0.641. The van der Waals surface area contributed by atoms with Crippen LogP contribution in [0.1, 0.15) is 17.0 Å². The van der Waals surface area contributed by atoms with Gasteiger partial charge in [-0.05, 0) is 23.3 Å². The Kier molecular flexibility index (Phi) is 4.42. The van der Waals surface area contributed by atoms with E-state index in [9.17, 15) is 0 Å². The van der Waals surface area contributed by atoms with Crippen molar-refractivity contribution in [2.75, 3.05) is 7.11 Å². The van der Waals surface area contributed by atoms with Gasteiger partial charge in [0.2, 0.25) is 11.7 Å². The molecule has 0 radical (unpaired) electrons. The lowest BCUT2D eigenvalue weighted by Gasteiger charge is -2.01. The van der Waals surface area contributed by atoms with Crippen LogP contribution in [0.2, 0.25) is 0 Å². The van der Waals surface area contributed by atoms with Crippen molar-refractivity contribution in [3.8, 4) is 17.3 Å². The molecule has 2 aromatic carbocycles. The largest absolute Gasteiger partial charge is 0.497 e. The number of benzene rings is 2. The topological polar surface area (TPSA) is 78.9 Å². The van der Waals surface area contributed by atoms with Crippen LogP contribution in [0.3, 0.4) is 0 Å². The van der Waals surface area contributed by atoms with Gasteiger partial charge >= 0.3 is 0 Å². The van der Waals surface area contributed by atoms with E-state index in [1.165, 1.54) is 0 Å². The van der Waals surface area contributed by atoms with Gasteiger partial charge in [0.1, 0.15) is 5.75 Å². The first-order chi connectivity index (χ1) is 12.8. The highest BCUT2D eigenvalue weighted by molar-refractivity contribution is 5.45. The van der Waals surface area contributed by atoms with E-state index < -0.39 is 0 Å². The number of ether oxygens (including phenoxy) is 1. The maximum Gasteiger partial charge on any atom is 0.231 e. The lowest BCUT2D eigenvalue weighted by atomic mass is 10.1. The minimum absolute atomic E-state index is 0.433. The highest BCUT2D eigenvalue weighted by Gasteiger charge is 2.13. The molecule has 0 bridgehead atoms. The summed E-state index contributed by atoms with van der Waals surface area (Å²) in [5, 5.41) is 12.3. The van der Waals surface area contributed by atoms with Crippen molar-refractivity contribution in [2.24, 2.45) is 0 Å². The Morgan fingerprint density at radius 1 is 1.04 bits per heavy atom. The molecule has 4 aromatic rings. The van der Waals surface area contributed by atoms with Crippen LogP contribution in [0.15, 0.2) is 65.3 Å². The fourth-order valence-corrected chi connectivity index (χ4v) is 2.64. The van der Waals surface area contributed by atoms with Gasteiger partial charge in [-0.25, -0.2) is 4.68 Å². The summed E-state index contributed by atoms with van der Waals surface area (Å²) in [6, 6.07) is 17.8. The highest BCUT2D eigenvalue weighted by atomic mass is 16.5. The van der Waals surface area contributed by atoms with E-state index in [1.807, 2.05) is 60.8 Å². The Morgan fingerprint density at radius 2 is 1.88 bits per heavy atom. The number of aromatic nitrogens is 5. The highest BCUT2D eigenvalue weighted by Crippen LogP contribution is 2.18. The number of hydrogen-bond acceptors (Lipinski definition) is 6. The standard InChI is InChI=1S/C19H17N5O2/c1-25-16-9-5-8-15(10-16)11-18-20-19(22-26-18)17-13-24(23-21-17)12-14-6-3-2-4-7-14/h2-10,13H,11-12H2,1H3. The van der Waals surface area contributed by atoms with Crippen molar-refractivity contribution in [1.29, 1.82) is 0 Å². The predicted octanol–water partition coefficient (Wildman–Crippen LogP) is 2.98. The average Bonchev–Trinajstić information content (AvgIpc) is 3.32. The predicted molar refractivity (Wildman–Crippen MR) is 94.7 cm³/mol. The Bertz CT molecular complexity index is 994. The summed E-state index contributed by atoms with van der Waals surface area (Å²) in [5.41, 5.74) is 2.77. The minimum atomic E-state index is 0.433. The van der Waals surface area contributed by atoms with E-state index in [0.29, 0.717) is 30.4 Å². The molecule has 7 nitrogen and oxygen atoms in total. The van der Waals surface area contributed by atoms with Crippen LogP contribution in [0.25, 0.3) is 11.5 Å². The maximum atomic E-state index is 5.35. The zero-order valence-corrected chi connectivity index (χ0v) is 14.2. The maximum absolute atomic E-state index is 5.35. The van der Waals surface area contributed by atoms with Gasteiger partial charge in [-0.15, -0.1) is 5.10 Å². The second-order valence-electron chi connectivity index (χ2n) is 5.83. The first-order valence-electron chi connectivity index (χ1n) is 8.20. The Balaban J connectivity index is 1.47. The van der Waals surface area contributed by atoms with Crippen molar-refractivity contribution in [3.63, 3.8) is 0 Å². The molecule has 7 heteroatoms. The number of rotatable bonds is 6. The molecule has 4 rings (SSSR count). The van der Waals surface area contributed by atoms with Crippen molar-refractivity contribution in [3.05, 3.63) is 77.8 Å². The molecule has 0 aliphatic rings. The number of hydrogen-bond donors (Lipinski definition) is 0. The van der Waals surface area contributed by atoms with Gasteiger partial charge in [0.15, 0.2) is 5.69 Å². The van der Waals surface area contributed by atoms with Crippen LogP contribution < -0.4 is 4.74 Å². The quantitative estimate of drug-likeness (QED) is 0.533. The molecule has 0 saturated carbocycles. The monoisotopic (exact) mass is 347 g/mol. The second-order valence-corrected chi connectivity index (χ2v) is 5.83. The molecule has 0 N–H and O–H groups in total. The Labute approximate surface area is 150 Å². The smallest absolute Gasteiger partial charge is 0.231 e. The number of methoxy groups -OCH3 is 1. The fraction of sp³-hybridized carbons (Fsp3) is 0.158. The fourth-order valence-electron chi connectivity index (χ4n) is 2.64. The van der Waals surface area contributed by atoms with Crippen molar-refractivity contribution >= 4 is 0 Å². The van der Waals surface area contributed by atoms with Gasteiger partial charge in [-0.2, -0.15) is 4.98 Å².